The molecule has 12 heteroatoms. The lowest BCUT2D eigenvalue weighted by atomic mass is 10.0. The third kappa shape index (κ3) is 7.77. The Bertz CT molecular complexity index is 1620. The van der Waals surface area contributed by atoms with E-state index in [0.717, 1.165) is 11.1 Å². The fourth-order valence-electron chi connectivity index (χ4n) is 4.24. The van der Waals surface area contributed by atoms with Gasteiger partial charge in [-0.3, -0.25) is 4.79 Å². The molecule has 44 heavy (non-hydrogen) atoms. The van der Waals surface area contributed by atoms with Crippen LogP contribution in [0.25, 0.3) is 0 Å². The lowest BCUT2D eigenvalue weighted by Crippen LogP contribution is -2.38. The molecule has 0 saturated carbocycles. The van der Waals surface area contributed by atoms with Crippen molar-refractivity contribution in [3.8, 4) is 0 Å². The van der Waals surface area contributed by atoms with Crippen LogP contribution in [-0.2, 0) is 17.9 Å². The number of carboxylic acids is 1. The van der Waals surface area contributed by atoms with Gasteiger partial charge < -0.3 is 10.0 Å². The molecule has 0 aliphatic heterocycles. The first-order chi connectivity index (χ1) is 20.8. The number of benzene rings is 4. The molecule has 0 aliphatic carbocycles. The molecule has 0 aliphatic rings. The van der Waals surface area contributed by atoms with Crippen LogP contribution in [0.2, 0.25) is 5.02 Å². The highest BCUT2D eigenvalue weighted by atomic mass is 35.5. The predicted octanol–water partition coefficient (Wildman–Crippen LogP) is 8.60. The molecular weight excluding hydrogens is 623 g/mol. The number of carbonyl (C=O) groups excluding carboxylic acids is 1. The molecule has 4 aromatic rings. The predicted molar refractivity (Wildman–Crippen MR) is 159 cm³/mol. The summed E-state index contributed by atoms with van der Waals surface area (Å²) in [5, 5.41) is 9.72. The number of halogens is 6. The normalized spacial score (nSPS) is 11.3. The third-order valence-corrected chi connectivity index (χ3v) is 8.00. The van der Waals surface area contributed by atoms with Crippen LogP contribution in [0.5, 0.6) is 0 Å². The molecule has 0 aromatic heterocycles. The van der Waals surface area contributed by atoms with E-state index in [0.29, 0.717) is 16.3 Å². The number of nitrogens with zero attached hydrogens (tertiary/aromatic N) is 2. The summed E-state index contributed by atoms with van der Waals surface area (Å²) in [5.41, 5.74) is 2.68. The molecule has 1 amide bonds. The van der Waals surface area contributed by atoms with E-state index >= 15 is 0 Å². The van der Waals surface area contributed by atoms with Crippen molar-refractivity contribution in [2.24, 2.45) is 0 Å². The number of carboxylic acid groups (broad SMARTS) is 1. The molecule has 0 fully saturated rings. The summed E-state index contributed by atoms with van der Waals surface area (Å²) in [6.45, 7) is 3.45. The van der Waals surface area contributed by atoms with Gasteiger partial charge in [-0.2, -0.15) is 0 Å². The van der Waals surface area contributed by atoms with E-state index in [1.165, 1.54) is 33.5 Å². The Morgan fingerprint density at radius 3 is 1.77 bits per heavy atom. The second-order valence-electron chi connectivity index (χ2n) is 10.1. The lowest BCUT2D eigenvalue weighted by Gasteiger charge is -2.28. The Hall–Kier alpha value is -3.93. The zero-order valence-corrected chi connectivity index (χ0v) is 25.0. The summed E-state index contributed by atoms with van der Waals surface area (Å²) in [6.07, 6.45) is 0. The van der Waals surface area contributed by atoms with Gasteiger partial charge in [-0.1, -0.05) is 61.8 Å². The maximum absolute atomic E-state index is 14.7. The first-order valence-electron chi connectivity index (χ1n) is 13.3. The highest BCUT2D eigenvalue weighted by molar-refractivity contribution is 7.97. The summed E-state index contributed by atoms with van der Waals surface area (Å²) < 4.78 is 72.3. The second kappa shape index (κ2) is 14.2. The minimum absolute atomic E-state index is 0.00586. The van der Waals surface area contributed by atoms with Crippen LogP contribution >= 0.6 is 23.5 Å². The van der Waals surface area contributed by atoms with Crippen LogP contribution in [0.3, 0.4) is 0 Å². The minimum atomic E-state index is -2.29. The van der Waals surface area contributed by atoms with E-state index < -0.39 is 52.4 Å². The Labute approximate surface area is 260 Å². The van der Waals surface area contributed by atoms with E-state index in [4.69, 9.17) is 11.6 Å². The lowest BCUT2D eigenvalue weighted by molar-refractivity contribution is -0.118. The molecule has 0 saturated heterocycles. The number of hydrogen-bond donors (Lipinski definition) is 1. The van der Waals surface area contributed by atoms with Crippen LogP contribution in [-0.4, -0.2) is 27.8 Å². The van der Waals surface area contributed by atoms with Gasteiger partial charge in [0.25, 0.3) is 0 Å². The van der Waals surface area contributed by atoms with Crippen LogP contribution in [0, 0.1) is 29.1 Å². The standard InChI is InChI=1S/C32H26ClF5N2O3S/c1-18(2)21-7-3-20(4-8-21)16-40(24-13-9-22(10-14-24)32(42)43)25(41)17-39(15-19-5-11-23(33)12-6-19)44-31-29(37)27(35)26(34)28(36)30(31)38/h3-14,18H,15-17H2,1-2H3,(H,42,43). The number of anilines is 1. The van der Waals surface area contributed by atoms with Crippen LogP contribution in [0.1, 0.15) is 46.8 Å². The van der Waals surface area contributed by atoms with Gasteiger partial charge in [0.2, 0.25) is 11.7 Å². The van der Waals surface area contributed by atoms with E-state index in [1.54, 1.807) is 24.3 Å². The number of carbonyl (C=O) groups is 2. The fraction of sp³-hybridized carbons (Fsp3) is 0.188. The molecule has 1 N–H and O–H groups in total. The molecule has 0 atom stereocenters. The van der Waals surface area contributed by atoms with Gasteiger partial charge in [-0.25, -0.2) is 31.1 Å². The van der Waals surface area contributed by atoms with Crippen molar-refractivity contribution >= 4 is 41.1 Å². The Morgan fingerprint density at radius 2 is 1.25 bits per heavy atom. The average Bonchev–Trinajstić information content (AvgIpc) is 3.01. The van der Waals surface area contributed by atoms with Gasteiger partial charge in [0.15, 0.2) is 23.3 Å². The summed E-state index contributed by atoms with van der Waals surface area (Å²) in [7, 11) is 0. The smallest absolute Gasteiger partial charge is 0.335 e. The van der Waals surface area contributed by atoms with E-state index in [1.807, 2.05) is 38.1 Å². The Kier molecular flexibility index (Phi) is 10.7. The zero-order chi connectivity index (χ0) is 32.1. The van der Waals surface area contributed by atoms with Crippen molar-refractivity contribution in [1.82, 2.24) is 4.31 Å². The van der Waals surface area contributed by atoms with Crippen molar-refractivity contribution in [2.75, 3.05) is 11.4 Å². The van der Waals surface area contributed by atoms with Crippen LogP contribution < -0.4 is 4.90 Å². The summed E-state index contributed by atoms with van der Waals surface area (Å²) in [5.74, 6) is -12.0. The molecule has 4 rings (SSSR count). The van der Waals surface area contributed by atoms with Crippen LogP contribution in [0.4, 0.5) is 27.6 Å². The van der Waals surface area contributed by atoms with Gasteiger partial charge in [0.1, 0.15) is 4.90 Å². The first-order valence-corrected chi connectivity index (χ1v) is 14.4. The van der Waals surface area contributed by atoms with Gasteiger partial charge in [-0.15, -0.1) is 0 Å². The summed E-state index contributed by atoms with van der Waals surface area (Å²) in [6, 6.07) is 19.4. The molecule has 0 bridgehead atoms. The highest BCUT2D eigenvalue weighted by Crippen LogP contribution is 2.34. The second-order valence-corrected chi connectivity index (χ2v) is 11.7. The van der Waals surface area contributed by atoms with Gasteiger partial charge in [0.05, 0.1) is 18.7 Å². The first kappa shape index (κ1) is 33.0. The Balaban J connectivity index is 1.71. The summed E-state index contributed by atoms with van der Waals surface area (Å²) >= 11 is 6.18. The van der Waals surface area contributed by atoms with E-state index in [2.05, 4.69) is 0 Å². The van der Waals surface area contributed by atoms with Gasteiger partial charge in [0, 0.05) is 17.3 Å². The largest absolute Gasteiger partial charge is 0.478 e. The maximum Gasteiger partial charge on any atom is 0.335 e. The number of rotatable bonds is 11. The molecular formula is C32H26ClF5N2O3S. The number of hydrogen-bond acceptors (Lipinski definition) is 4. The number of amides is 1. The van der Waals surface area contributed by atoms with Crippen molar-refractivity contribution in [3.05, 3.63) is 129 Å². The van der Waals surface area contributed by atoms with Gasteiger partial charge in [-0.05, 0) is 71.0 Å². The fourth-order valence-corrected chi connectivity index (χ4v) is 5.35. The monoisotopic (exact) mass is 648 g/mol. The van der Waals surface area contributed by atoms with E-state index in [-0.39, 0.29) is 36.5 Å². The van der Waals surface area contributed by atoms with Crippen molar-refractivity contribution in [1.29, 1.82) is 0 Å². The van der Waals surface area contributed by atoms with Crippen molar-refractivity contribution in [2.45, 2.75) is 37.8 Å². The molecule has 4 aromatic carbocycles. The molecule has 0 unspecified atom stereocenters. The number of aromatic carboxylic acids is 1. The zero-order valence-electron chi connectivity index (χ0n) is 23.5. The molecule has 230 valence electrons. The summed E-state index contributed by atoms with van der Waals surface area (Å²) in [4.78, 5) is 25.5. The SMILES string of the molecule is CC(C)c1ccc(CN(C(=O)CN(Cc2ccc(Cl)cc2)Sc2c(F)c(F)c(F)c(F)c2F)c2ccc(C(=O)O)cc2)cc1. The molecule has 0 spiro atoms. The van der Waals surface area contributed by atoms with Crippen molar-refractivity contribution < 1.29 is 36.6 Å². The minimum Gasteiger partial charge on any atom is -0.478 e. The maximum atomic E-state index is 14.7. The Morgan fingerprint density at radius 1 is 0.750 bits per heavy atom. The van der Waals surface area contributed by atoms with Gasteiger partial charge >= 0.3 is 5.97 Å². The van der Waals surface area contributed by atoms with Crippen LogP contribution in [0.15, 0.2) is 77.7 Å². The molecule has 0 radical (unpaired) electrons. The quantitative estimate of drug-likeness (QED) is 0.0764. The van der Waals surface area contributed by atoms with E-state index in [9.17, 15) is 36.6 Å². The molecule has 0 heterocycles. The third-order valence-electron chi connectivity index (χ3n) is 6.69. The highest BCUT2D eigenvalue weighted by Gasteiger charge is 2.29. The molecule has 5 nitrogen and oxygen atoms in total. The topological polar surface area (TPSA) is 60.9 Å². The average molecular weight is 649 g/mol. The van der Waals surface area contributed by atoms with Crippen molar-refractivity contribution in [3.63, 3.8) is 0 Å².